The molecule has 1 amide bonds. The highest BCUT2D eigenvalue weighted by Gasteiger charge is 2.58. The van der Waals surface area contributed by atoms with Gasteiger partial charge in [-0.15, -0.1) is 0 Å². The first-order valence-electron chi connectivity index (χ1n) is 9.99. The molecule has 0 spiro atoms. The van der Waals surface area contributed by atoms with Crippen LogP contribution in [0.4, 0.5) is 13.2 Å². The number of hydrogen-bond acceptors (Lipinski definition) is 4. The molecule has 4 rings (SSSR count). The van der Waals surface area contributed by atoms with Crippen molar-refractivity contribution in [1.29, 1.82) is 0 Å². The first kappa shape index (κ1) is 24.0. The van der Waals surface area contributed by atoms with Crippen LogP contribution in [0.15, 0.2) is 41.4 Å². The van der Waals surface area contributed by atoms with Crippen LogP contribution in [0.1, 0.15) is 33.5 Å². The van der Waals surface area contributed by atoms with Gasteiger partial charge >= 0.3 is 6.18 Å². The highest BCUT2D eigenvalue weighted by Crippen LogP contribution is 2.48. The van der Waals surface area contributed by atoms with Crippen molar-refractivity contribution in [1.82, 2.24) is 5.32 Å². The Morgan fingerprint density at radius 2 is 1.76 bits per heavy atom. The zero-order valence-electron chi connectivity index (χ0n) is 17.3. The van der Waals surface area contributed by atoms with Gasteiger partial charge in [0.05, 0.1) is 24.1 Å². The summed E-state index contributed by atoms with van der Waals surface area (Å²) < 4.78 is 65.3. The number of sulfone groups is 1. The van der Waals surface area contributed by atoms with E-state index in [-0.39, 0.29) is 32.8 Å². The van der Waals surface area contributed by atoms with Crippen molar-refractivity contribution in [3.8, 4) is 0 Å². The second-order valence-corrected chi connectivity index (χ2v) is 11.5. The third-order valence-corrected chi connectivity index (χ3v) is 8.27. The van der Waals surface area contributed by atoms with Gasteiger partial charge < -0.3 is 5.32 Å². The lowest BCUT2D eigenvalue weighted by Gasteiger charge is -2.31. The molecule has 1 atom stereocenters. The molecule has 2 aromatic rings. The summed E-state index contributed by atoms with van der Waals surface area (Å²) in [5.74, 6) is -0.620. The summed E-state index contributed by atoms with van der Waals surface area (Å²) in [6, 6.07) is 8.15. The van der Waals surface area contributed by atoms with Crippen LogP contribution in [-0.2, 0) is 15.3 Å². The zero-order chi connectivity index (χ0) is 24.2. The van der Waals surface area contributed by atoms with Crippen LogP contribution in [0.25, 0.3) is 0 Å². The topological polar surface area (TPSA) is 75.6 Å². The molecule has 2 aliphatic heterocycles. The summed E-state index contributed by atoms with van der Waals surface area (Å²) in [4.78, 5) is 16.7. The van der Waals surface area contributed by atoms with Gasteiger partial charge in [-0.25, -0.2) is 8.42 Å². The van der Waals surface area contributed by atoms with E-state index in [1.54, 1.807) is 19.1 Å². The third kappa shape index (κ3) is 4.63. The first-order valence-corrected chi connectivity index (χ1v) is 12.6. The van der Waals surface area contributed by atoms with Gasteiger partial charge in [-0.05, 0) is 53.9 Å². The van der Waals surface area contributed by atoms with E-state index in [9.17, 15) is 26.4 Å². The van der Waals surface area contributed by atoms with Crippen LogP contribution in [0.2, 0.25) is 10.0 Å². The molecule has 2 heterocycles. The summed E-state index contributed by atoms with van der Waals surface area (Å²) in [5.41, 5.74) is -0.681. The first-order chi connectivity index (χ1) is 15.3. The molecule has 0 radical (unpaired) electrons. The van der Waals surface area contributed by atoms with E-state index >= 15 is 0 Å². The summed E-state index contributed by atoms with van der Waals surface area (Å²) in [6.45, 7) is 1.17. The van der Waals surface area contributed by atoms with Gasteiger partial charge in [0.1, 0.15) is 5.41 Å². The Hall–Kier alpha value is -2.10. The maximum Gasteiger partial charge on any atom is 0.400 e. The molecule has 0 aliphatic carbocycles. The van der Waals surface area contributed by atoms with Crippen LogP contribution < -0.4 is 5.32 Å². The second-order valence-electron chi connectivity index (χ2n) is 8.45. The number of hydrogen-bond donors (Lipinski definition) is 1. The predicted molar refractivity (Wildman–Crippen MR) is 121 cm³/mol. The Kier molecular flexibility index (Phi) is 6.04. The van der Waals surface area contributed by atoms with Crippen molar-refractivity contribution < 1.29 is 26.4 Å². The zero-order valence-corrected chi connectivity index (χ0v) is 19.7. The number of carbonyl (C=O) groups is 1. The monoisotopic (exact) mass is 518 g/mol. The molecular formula is C22H19Cl2F3N2O3S. The lowest BCUT2D eigenvalue weighted by molar-refractivity contribution is -0.183. The molecule has 1 N–H and O–H groups in total. The van der Waals surface area contributed by atoms with Crippen molar-refractivity contribution in [3.05, 3.63) is 68.7 Å². The SMILES string of the molecule is Cc1cc(C2=NC[C@](c3cc(Cl)cc(Cl)c3)(C(F)(F)F)C2)ccc1C(=O)NC1CS(=O)(=O)C1. The van der Waals surface area contributed by atoms with Gasteiger partial charge in [0.2, 0.25) is 0 Å². The van der Waals surface area contributed by atoms with Crippen molar-refractivity contribution in [2.45, 2.75) is 31.0 Å². The van der Waals surface area contributed by atoms with E-state index < -0.39 is 46.3 Å². The summed E-state index contributed by atoms with van der Waals surface area (Å²) in [7, 11) is -3.08. The van der Waals surface area contributed by atoms with E-state index in [2.05, 4.69) is 10.3 Å². The van der Waals surface area contributed by atoms with E-state index in [0.717, 1.165) is 0 Å². The van der Waals surface area contributed by atoms with E-state index in [4.69, 9.17) is 23.2 Å². The molecule has 11 heteroatoms. The summed E-state index contributed by atoms with van der Waals surface area (Å²) in [5, 5.41) is 2.88. The molecule has 1 fully saturated rings. The minimum atomic E-state index is -4.59. The number of aryl methyl sites for hydroxylation is 1. The van der Waals surface area contributed by atoms with Crippen molar-refractivity contribution >= 4 is 44.7 Å². The lowest BCUT2D eigenvalue weighted by Crippen LogP contribution is -2.53. The molecule has 0 unspecified atom stereocenters. The Bertz CT molecular complexity index is 1250. The number of benzene rings is 2. The Balaban J connectivity index is 1.57. The van der Waals surface area contributed by atoms with Crippen molar-refractivity contribution in [2.24, 2.45) is 4.99 Å². The number of rotatable bonds is 4. The predicted octanol–water partition coefficient (Wildman–Crippen LogP) is 4.52. The van der Waals surface area contributed by atoms with Gasteiger partial charge in [0, 0.05) is 27.7 Å². The van der Waals surface area contributed by atoms with Gasteiger partial charge in [-0.1, -0.05) is 29.3 Å². The molecule has 0 aromatic heterocycles. The third-order valence-electron chi connectivity index (χ3n) is 6.02. The quantitative estimate of drug-likeness (QED) is 0.646. The number of aliphatic imine (C=N–C) groups is 1. The summed E-state index contributed by atoms with van der Waals surface area (Å²) >= 11 is 11.9. The molecule has 0 bridgehead atoms. The van der Waals surface area contributed by atoms with Gasteiger partial charge in [-0.2, -0.15) is 13.2 Å². The fourth-order valence-corrected chi connectivity index (χ4v) is 6.03. The van der Waals surface area contributed by atoms with Gasteiger partial charge in [0.25, 0.3) is 5.91 Å². The minimum absolute atomic E-state index is 0.0468. The Labute approximate surface area is 198 Å². The van der Waals surface area contributed by atoms with Gasteiger partial charge in [-0.3, -0.25) is 9.79 Å². The van der Waals surface area contributed by atoms with Crippen LogP contribution in [0.5, 0.6) is 0 Å². The molecule has 0 saturated carbocycles. The normalized spacial score (nSPS) is 22.5. The van der Waals surface area contributed by atoms with Gasteiger partial charge in [0.15, 0.2) is 9.84 Å². The van der Waals surface area contributed by atoms with Crippen LogP contribution in [0, 0.1) is 6.92 Å². The molecule has 33 heavy (non-hydrogen) atoms. The number of carbonyl (C=O) groups excluding carboxylic acids is 1. The summed E-state index contributed by atoms with van der Waals surface area (Å²) in [6.07, 6.45) is -4.98. The largest absolute Gasteiger partial charge is 0.400 e. The number of nitrogens with one attached hydrogen (secondary N) is 1. The van der Waals surface area contributed by atoms with E-state index in [1.807, 2.05) is 0 Å². The number of amides is 1. The fraction of sp³-hybridized carbons (Fsp3) is 0.364. The number of nitrogens with zero attached hydrogens (tertiary/aromatic N) is 1. The number of halogens is 5. The minimum Gasteiger partial charge on any atom is -0.347 e. The molecule has 176 valence electrons. The highest BCUT2D eigenvalue weighted by molar-refractivity contribution is 7.92. The number of alkyl halides is 3. The maximum absolute atomic E-state index is 14.3. The highest BCUT2D eigenvalue weighted by atomic mass is 35.5. The fourth-order valence-electron chi connectivity index (χ4n) is 4.21. The average molecular weight is 519 g/mol. The van der Waals surface area contributed by atoms with E-state index in [1.165, 1.54) is 24.3 Å². The molecule has 2 aliphatic rings. The standard InChI is InChI=1S/C22H19Cl2F3N2O3S/c1-12-4-13(2-3-18(12)20(30)29-17-9-33(31,32)10-17)19-8-21(11-28-19,22(25,26)27)14-5-15(23)7-16(24)6-14/h2-7,17H,8-11H2,1H3,(H,29,30)/t21-/m1/s1. The average Bonchev–Trinajstić information content (AvgIpc) is 3.12. The molecular weight excluding hydrogens is 500 g/mol. The van der Waals surface area contributed by atoms with Crippen molar-refractivity contribution in [3.63, 3.8) is 0 Å². The lowest BCUT2D eigenvalue weighted by atomic mass is 9.76. The maximum atomic E-state index is 14.3. The molecule has 2 aromatic carbocycles. The van der Waals surface area contributed by atoms with Crippen LogP contribution in [0.3, 0.4) is 0 Å². The van der Waals surface area contributed by atoms with Crippen LogP contribution in [-0.4, -0.2) is 50.3 Å². The molecule has 5 nitrogen and oxygen atoms in total. The smallest absolute Gasteiger partial charge is 0.347 e. The molecule has 1 saturated heterocycles. The van der Waals surface area contributed by atoms with Crippen molar-refractivity contribution in [2.75, 3.05) is 18.1 Å². The van der Waals surface area contributed by atoms with Crippen LogP contribution >= 0.6 is 23.2 Å². The van der Waals surface area contributed by atoms with E-state index in [0.29, 0.717) is 16.7 Å². The Morgan fingerprint density at radius 1 is 1.12 bits per heavy atom. The Morgan fingerprint density at radius 3 is 2.30 bits per heavy atom. The second kappa shape index (κ2) is 8.29.